The molecule has 0 aromatic heterocycles. The smallest absolute Gasteiger partial charge is 0.312 e. The fourth-order valence-corrected chi connectivity index (χ4v) is 3.59. The van der Waals surface area contributed by atoms with Gasteiger partial charge in [-0.25, -0.2) is 0 Å². The molecule has 1 amide bonds. The van der Waals surface area contributed by atoms with Crippen LogP contribution in [-0.4, -0.2) is 30.3 Å². The zero-order valence-corrected chi connectivity index (χ0v) is 16.7. The molecule has 1 aliphatic heterocycles. The third-order valence-corrected chi connectivity index (χ3v) is 5.17. The lowest BCUT2D eigenvalue weighted by molar-refractivity contribution is -0.151. The number of anilines is 1. The van der Waals surface area contributed by atoms with Gasteiger partial charge in [-0.1, -0.05) is 48.0 Å². The van der Waals surface area contributed by atoms with Gasteiger partial charge >= 0.3 is 5.97 Å². The van der Waals surface area contributed by atoms with E-state index >= 15 is 0 Å². The number of rotatable bonds is 5. The Morgan fingerprint density at radius 3 is 2.25 bits per heavy atom. The van der Waals surface area contributed by atoms with Gasteiger partial charge in [0.1, 0.15) is 0 Å². The molecule has 1 saturated heterocycles. The van der Waals surface area contributed by atoms with Crippen LogP contribution in [0.1, 0.15) is 40.4 Å². The van der Waals surface area contributed by atoms with Crippen LogP contribution >= 0.6 is 0 Å². The molecule has 0 spiro atoms. The molecule has 1 fully saturated rings. The van der Waals surface area contributed by atoms with Gasteiger partial charge in [-0.3, -0.25) is 14.4 Å². The van der Waals surface area contributed by atoms with Crippen LogP contribution < -0.4 is 4.90 Å². The highest BCUT2D eigenvalue weighted by Gasteiger charge is 2.38. The minimum Gasteiger partial charge on any atom is -0.454 e. The molecule has 5 nitrogen and oxygen atoms in total. The van der Waals surface area contributed by atoms with Gasteiger partial charge in [-0.15, -0.1) is 0 Å². The Balaban J connectivity index is 1.67. The minimum atomic E-state index is -0.889. The standard InChI is InChI=1S/C23H25NO4/c1-14-8-10-18(11-9-14)22(26)17(4)28-23(27)19-12-20(25)24(13-19)21-15(2)6-5-7-16(21)3/h5-11,17,19H,12-13H2,1-4H3/t17-,19-/m1/s1. The number of nitrogens with zero attached hydrogens (tertiary/aromatic N) is 1. The molecule has 0 radical (unpaired) electrons. The summed E-state index contributed by atoms with van der Waals surface area (Å²) in [5, 5.41) is 0. The van der Waals surface area contributed by atoms with E-state index in [1.54, 1.807) is 24.0 Å². The molecule has 2 atom stereocenters. The van der Waals surface area contributed by atoms with E-state index in [2.05, 4.69) is 0 Å². The monoisotopic (exact) mass is 379 g/mol. The van der Waals surface area contributed by atoms with Crippen molar-refractivity contribution in [3.8, 4) is 0 Å². The van der Waals surface area contributed by atoms with E-state index in [0.717, 1.165) is 22.4 Å². The molecule has 28 heavy (non-hydrogen) atoms. The number of carbonyl (C=O) groups excluding carboxylic acids is 3. The SMILES string of the molecule is Cc1ccc(C(=O)[C@@H](C)OC(=O)[C@@H]2CC(=O)N(c3c(C)cccc3C)C2)cc1. The first-order valence-electron chi connectivity index (χ1n) is 9.46. The second kappa shape index (κ2) is 7.97. The maximum absolute atomic E-state index is 12.6. The number of aryl methyl sites for hydroxylation is 3. The Bertz CT molecular complexity index is 896. The van der Waals surface area contributed by atoms with Gasteiger partial charge in [0.25, 0.3) is 0 Å². The van der Waals surface area contributed by atoms with E-state index in [4.69, 9.17) is 4.74 Å². The number of carbonyl (C=O) groups is 3. The number of para-hydroxylation sites is 1. The van der Waals surface area contributed by atoms with Crippen molar-refractivity contribution in [2.24, 2.45) is 5.92 Å². The summed E-state index contributed by atoms with van der Waals surface area (Å²) in [6.07, 6.45) is -0.794. The summed E-state index contributed by atoms with van der Waals surface area (Å²) < 4.78 is 5.41. The lowest BCUT2D eigenvalue weighted by Crippen LogP contribution is -2.31. The quantitative estimate of drug-likeness (QED) is 0.586. The molecule has 0 saturated carbocycles. The van der Waals surface area contributed by atoms with Gasteiger partial charge in [0.2, 0.25) is 11.7 Å². The second-order valence-electron chi connectivity index (χ2n) is 7.46. The number of benzene rings is 2. The third-order valence-electron chi connectivity index (χ3n) is 5.17. The summed E-state index contributed by atoms with van der Waals surface area (Å²) in [5.74, 6) is -1.42. The maximum atomic E-state index is 12.6. The van der Waals surface area contributed by atoms with E-state index in [0.29, 0.717) is 5.56 Å². The van der Waals surface area contributed by atoms with E-state index < -0.39 is 18.0 Å². The number of amides is 1. The number of hydrogen-bond donors (Lipinski definition) is 0. The first kappa shape index (κ1) is 19.8. The van der Waals surface area contributed by atoms with Crippen molar-refractivity contribution in [1.82, 2.24) is 0 Å². The van der Waals surface area contributed by atoms with E-state index in [-0.39, 0.29) is 24.7 Å². The Morgan fingerprint density at radius 2 is 1.64 bits per heavy atom. The zero-order chi connectivity index (χ0) is 20.4. The van der Waals surface area contributed by atoms with Gasteiger partial charge in [-0.2, -0.15) is 0 Å². The summed E-state index contributed by atoms with van der Waals surface area (Å²) >= 11 is 0. The molecular weight excluding hydrogens is 354 g/mol. The highest BCUT2D eigenvalue weighted by Crippen LogP contribution is 2.31. The Kier molecular flexibility index (Phi) is 5.63. The number of ketones is 1. The van der Waals surface area contributed by atoms with E-state index in [1.165, 1.54) is 0 Å². The average molecular weight is 379 g/mol. The zero-order valence-electron chi connectivity index (χ0n) is 16.7. The van der Waals surface area contributed by atoms with Crippen molar-refractivity contribution >= 4 is 23.3 Å². The Hall–Kier alpha value is -2.95. The van der Waals surface area contributed by atoms with Crippen LogP contribution in [0.2, 0.25) is 0 Å². The van der Waals surface area contributed by atoms with Gasteiger partial charge in [0, 0.05) is 24.2 Å². The highest BCUT2D eigenvalue weighted by molar-refractivity contribution is 6.02. The molecule has 0 bridgehead atoms. The number of Topliss-reactive ketones (excluding diaryl/α,β-unsaturated/α-hetero) is 1. The average Bonchev–Trinajstić information content (AvgIpc) is 3.03. The van der Waals surface area contributed by atoms with Crippen LogP contribution in [0.25, 0.3) is 0 Å². The predicted molar refractivity (Wildman–Crippen MR) is 107 cm³/mol. The van der Waals surface area contributed by atoms with Crippen molar-refractivity contribution < 1.29 is 19.1 Å². The van der Waals surface area contributed by atoms with Gasteiger partial charge in [0.05, 0.1) is 5.92 Å². The third kappa shape index (κ3) is 3.98. The first-order valence-corrected chi connectivity index (χ1v) is 9.46. The molecule has 1 aliphatic rings. The summed E-state index contributed by atoms with van der Waals surface area (Å²) in [6.45, 7) is 7.68. The van der Waals surface area contributed by atoms with E-state index in [1.807, 2.05) is 51.1 Å². The van der Waals surface area contributed by atoms with Crippen LogP contribution in [0.15, 0.2) is 42.5 Å². The topological polar surface area (TPSA) is 63.7 Å². The fraction of sp³-hybridized carbons (Fsp3) is 0.348. The molecule has 2 aromatic carbocycles. The number of ether oxygens (including phenoxy) is 1. The summed E-state index contributed by atoms with van der Waals surface area (Å²) in [7, 11) is 0. The summed E-state index contributed by atoms with van der Waals surface area (Å²) in [6, 6.07) is 13.0. The van der Waals surface area contributed by atoms with Crippen LogP contribution in [0.3, 0.4) is 0 Å². The number of hydrogen-bond acceptors (Lipinski definition) is 4. The fourth-order valence-electron chi connectivity index (χ4n) is 3.59. The van der Waals surface area contributed by atoms with Crippen LogP contribution in [-0.2, 0) is 14.3 Å². The van der Waals surface area contributed by atoms with Gasteiger partial charge in [-0.05, 0) is 38.8 Å². The summed E-state index contributed by atoms with van der Waals surface area (Å²) in [4.78, 5) is 39.2. The first-order chi connectivity index (χ1) is 13.3. The lowest BCUT2D eigenvalue weighted by Gasteiger charge is -2.21. The molecule has 0 aliphatic carbocycles. The van der Waals surface area contributed by atoms with Crippen molar-refractivity contribution in [3.63, 3.8) is 0 Å². The molecule has 1 heterocycles. The summed E-state index contributed by atoms with van der Waals surface area (Å²) in [5.41, 5.74) is 4.39. The number of esters is 1. The molecule has 0 N–H and O–H groups in total. The van der Waals surface area contributed by atoms with Crippen molar-refractivity contribution in [1.29, 1.82) is 0 Å². The molecular formula is C23H25NO4. The molecule has 5 heteroatoms. The van der Waals surface area contributed by atoms with Gasteiger partial charge in [0.15, 0.2) is 6.10 Å². The van der Waals surface area contributed by atoms with Crippen molar-refractivity contribution in [2.45, 2.75) is 40.2 Å². The predicted octanol–water partition coefficient (Wildman–Crippen LogP) is 3.78. The normalized spacial score (nSPS) is 17.5. The van der Waals surface area contributed by atoms with Crippen molar-refractivity contribution in [2.75, 3.05) is 11.4 Å². The molecule has 0 unspecified atom stereocenters. The molecule has 146 valence electrons. The molecule has 2 aromatic rings. The van der Waals surface area contributed by atoms with Crippen LogP contribution in [0, 0.1) is 26.7 Å². The Morgan fingerprint density at radius 1 is 1.04 bits per heavy atom. The Labute approximate surface area is 165 Å². The minimum absolute atomic E-state index is 0.0953. The van der Waals surface area contributed by atoms with Crippen LogP contribution in [0.5, 0.6) is 0 Å². The van der Waals surface area contributed by atoms with Crippen LogP contribution in [0.4, 0.5) is 5.69 Å². The second-order valence-corrected chi connectivity index (χ2v) is 7.46. The highest BCUT2D eigenvalue weighted by atomic mass is 16.5. The van der Waals surface area contributed by atoms with Crippen molar-refractivity contribution in [3.05, 3.63) is 64.7 Å². The lowest BCUT2D eigenvalue weighted by atomic mass is 10.0. The van der Waals surface area contributed by atoms with Gasteiger partial charge < -0.3 is 9.64 Å². The molecule has 3 rings (SSSR count). The largest absolute Gasteiger partial charge is 0.454 e. The maximum Gasteiger partial charge on any atom is 0.312 e. The van der Waals surface area contributed by atoms with E-state index in [9.17, 15) is 14.4 Å².